The Bertz CT molecular complexity index is 466. The summed E-state index contributed by atoms with van der Waals surface area (Å²) in [7, 11) is 0. The quantitative estimate of drug-likeness (QED) is 0.579. The van der Waals surface area contributed by atoms with Gasteiger partial charge in [-0.1, -0.05) is 0 Å². The maximum atomic E-state index is 13.7. The SMILES string of the molecule is Nc1nc(=O)ccn1[C@@H]1O[C@H](CO)[C@H](O)[C@@H]1F. The van der Waals surface area contributed by atoms with Crippen molar-refractivity contribution in [2.24, 2.45) is 0 Å². The molecule has 17 heavy (non-hydrogen) atoms. The van der Waals surface area contributed by atoms with E-state index in [-0.39, 0.29) is 5.95 Å². The van der Waals surface area contributed by atoms with E-state index in [0.717, 1.165) is 10.6 Å². The van der Waals surface area contributed by atoms with E-state index in [9.17, 15) is 14.3 Å². The number of nitrogens with zero attached hydrogens (tertiary/aromatic N) is 2. The maximum absolute atomic E-state index is 13.7. The molecule has 1 aromatic rings. The van der Waals surface area contributed by atoms with Crippen LogP contribution in [0.4, 0.5) is 10.3 Å². The van der Waals surface area contributed by atoms with E-state index in [1.54, 1.807) is 0 Å². The smallest absolute Gasteiger partial charge is 0.274 e. The van der Waals surface area contributed by atoms with Crippen LogP contribution in [0.25, 0.3) is 0 Å². The lowest BCUT2D eigenvalue weighted by Crippen LogP contribution is -2.31. The van der Waals surface area contributed by atoms with Crippen LogP contribution in [0.3, 0.4) is 0 Å². The van der Waals surface area contributed by atoms with Crippen LogP contribution in [0, 0.1) is 0 Å². The predicted octanol–water partition coefficient (Wildman–Crippen LogP) is -1.59. The molecule has 2 rings (SSSR count). The molecule has 0 aromatic carbocycles. The van der Waals surface area contributed by atoms with Gasteiger partial charge in [0.15, 0.2) is 12.4 Å². The van der Waals surface area contributed by atoms with Crippen LogP contribution in [0.2, 0.25) is 0 Å². The fourth-order valence-electron chi connectivity index (χ4n) is 1.72. The number of rotatable bonds is 2. The highest BCUT2D eigenvalue weighted by Gasteiger charge is 2.45. The Morgan fingerprint density at radius 1 is 1.65 bits per heavy atom. The number of aliphatic hydroxyl groups excluding tert-OH is 2. The summed E-state index contributed by atoms with van der Waals surface area (Å²) in [6.45, 7) is -0.508. The van der Waals surface area contributed by atoms with Crippen LogP contribution in [0.15, 0.2) is 17.1 Å². The van der Waals surface area contributed by atoms with Gasteiger partial charge in [-0.25, -0.2) is 4.39 Å². The minimum absolute atomic E-state index is 0.212. The van der Waals surface area contributed by atoms with E-state index >= 15 is 0 Å². The predicted molar refractivity (Wildman–Crippen MR) is 54.8 cm³/mol. The van der Waals surface area contributed by atoms with Gasteiger partial charge in [-0.15, -0.1) is 0 Å². The number of hydrogen-bond donors (Lipinski definition) is 3. The van der Waals surface area contributed by atoms with Crippen molar-refractivity contribution in [2.75, 3.05) is 12.3 Å². The number of anilines is 1. The molecule has 0 unspecified atom stereocenters. The fourth-order valence-corrected chi connectivity index (χ4v) is 1.72. The molecule has 4 N–H and O–H groups in total. The van der Waals surface area contributed by atoms with Gasteiger partial charge >= 0.3 is 0 Å². The van der Waals surface area contributed by atoms with Gasteiger partial charge in [-0.05, 0) is 0 Å². The number of nitrogen functional groups attached to an aromatic ring is 1. The first-order valence-corrected chi connectivity index (χ1v) is 4.97. The van der Waals surface area contributed by atoms with Crippen molar-refractivity contribution in [3.8, 4) is 0 Å². The van der Waals surface area contributed by atoms with E-state index in [1.165, 1.54) is 6.20 Å². The number of nitrogens with two attached hydrogens (primary N) is 1. The number of alkyl halides is 1. The Morgan fingerprint density at radius 2 is 2.35 bits per heavy atom. The zero-order valence-corrected chi connectivity index (χ0v) is 8.73. The zero-order valence-electron chi connectivity index (χ0n) is 8.73. The average Bonchev–Trinajstić information content (AvgIpc) is 2.57. The molecule has 1 aromatic heterocycles. The summed E-state index contributed by atoms with van der Waals surface area (Å²) in [5, 5.41) is 18.3. The third kappa shape index (κ3) is 2.02. The molecule has 0 radical (unpaired) electrons. The number of halogens is 1. The zero-order chi connectivity index (χ0) is 12.6. The molecule has 1 saturated heterocycles. The molecule has 4 atom stereocenters. The first-order chi connectivity index (χ1) is 8.04. The minimum atomic E-state index is -1.75. The lowest BCUT2D eigenvalue weighted by Gasteiger charge is -2.18. The third-order valence-electron chi connectivity index (χ3n) is 2.61. The molecule has 1 aliphatic rings. The van der Waals surface area contributed by atoms with Crippen LogP contribution in [-0.4, -0.2) is 44.8 Å². The molecule has 0 aliphatic carbocycles. The summed E-state index contributed by atoms with van der Waals surface area (Å²) >= 11 is 0. The highest BCUT2D eigenvalue weighted by molar-refractivity contribution is 5.18. The molecule has 0 saturated carbocycles. The van der Waals surface area contributed by atoms with Gasteiger partial charge in [0.05, 0.1) is 6.61 Å². The minimum Gasteiger partial charge on any atom is -0.394 e. The van der Waals surface area contributed by atoms with Gasteiger partial charge in [0, 0.05) is 12.3 Å². The number of aromatic nitrogens is 2. The summed E-state index contributed by atoms with van der Waals surface area (Å²) in [6.07, 6.45) is -4.18. The second kappa shape index (κ2) is 4.40. The summed E-state index contributed by atoms with van der Waals surface area (Å²) < 4.78 is 19.9. The van der Waals surface area contributed by atoms with Crippen molar-refractivity contribution < 1.29 is 19.3 Å². The van der Waals surface area contributed by atoms with Gasteiger partial charge in [-0.3, -0.25) is 9.36 Å². The van der Waals surface area contributed by atoms with E-state index in [4.69, 9.17) is 15.6 Å². The Labute approximate surface area is 95.3 Å². The van der Waals surface area contributed by atoms with Crippen molar-refractivity contribution >= 4 is 5.95 Å². The molecule has 2 heterocycles. The summed E-state index contributed by atoms with van der Waals surface area (Å²) in [6, 6.07) is 1.10. The maximum Gasteiger partial charge on any atom is 0.274 e. The van der Waals surface area contributed by atoms with Gasteiger partial charge < -0.3 is 20.7 Å². The summed E-state index contributed by atoms with van der Waals surface area (Å²) in [5.74, 6) is -0.212. The highest BCUT2D eigenvalue weighted by atomic mass is 19.1. The van der Waals surface area contributed by atoms with Crippen LogP contribution in [0.5, 0.6) is 0 Å². The molecule has 1 aliphatic heterocycles. The second-order valence-electron chi connectivity index (χ2n) is 3.71. The molecule has 8 heteroatoms. The molecular weight excluding hydrogens is 233 g/mol. The lowest BCUT2D eigenvalue weighted by molar-refractivity contribution is -0.0469. The molecule has 0 amide bonds. The Balaban J connectivity index is 2.32. The van der Waals surface area contributed by atoms with Gasteiger partial charge in [-0.2, -0.15) is 4.98 Å². The molecule has 0 spiro atoms. The highest BCUT2D eigenvalue weighted by Crippen LogP contribution is 2.32. The number of hydrogen-bond acceptors (Lipinski definition) is 6. The van der Waals surface area contributed by atoms with Crippen molar-refractivity contribution in [3.05, 3.63) is 22.6 Å². The van der Waals surface area contributed by atoms with E-state index in [1.807, 2.05) is 0 Å². The van der Waals surface area contributed by atoms with Crippen LogP contribution < -0.4 is 11.3 Å². The normalized spacial score (nSPS) is 32.9. The second-order valence-corrected chi connectivity index (χ2v) is 3.71. The van der Waals surface area contributed by atoms with Crippen molar-refractivity contribution in [1.82, 2.24) is 9.55 Å². The number of ether oxygens (including phenoxy) is 1. The van der Waals surface area contributed by atoms with Gasteiger partial charge in [0.1, 0.15) is 12.2 Å². The molecular formula is C9H12FN3O4. The Kier molecular flexibility index (Phi) is 3.09. The summed E-state index contributed by atoms with van der Waals surface area (Å²) in [5.41, 5.74) is 4.91. The largest absolute Gasteiger partial charge is 0.394 e. The lowest BCUT2D eigenvalue weighted by atomic mass is 10.1. The van der Waals surface area contributed by atoms with E-state index in [2.05, 4.69) is 4.98 Å². The van der Waals surface area contributed by atoms with Gasteiger partial charge in [0.2, 0.25) is 5.95 Å². The van der Waals surface area contributed by atoms with Gasteiger partial charge in [0.25, 0.3) is 5.56 Å². The monoisotopic (exact) mass is 245 g/mol. The molecule has 0 bridgehead atoms. The first kappa shape index (κ1) is 12.0. The average molecular weight is 245 g/mol. The van der Waals surface area contributed by atoms with Crippen molar-refractivity contribution in [1.29, 1.82) is 0 Å². The molecule has 94 valence electrons. The Morgan fingerprint density at radius 3 is 2.88 bits per heavy atom. The molecule has 1 fully saturated rings. The first-order valence-electron chi connectivity index (χ1n) is 4.97. The van der Waals surface area contributed by atoms with Crippen molar-refractivity contribution in [3.63, 3.8) is 0 Å². The van der Waals surface area contributed by atoms with Crippen LogP contribution in [-0.2, 0) is 4.74 Å². The van der Waals surface area contributed by atoms with Crippen LogP contribution in [0.1, 0.15) is 6.23 Å². The van der Waals surface area contributed by atoms with E-state index in [0.29, 0.717) is 0 Å². The molecule has 7 nitrogen and oxygen atoms in total. The number of aliphatic hydroxyl groups is 2. The third-order valence-corrected chi connectivity index (χ3v) is 2.61. The fraction of sp³-hybridized carbons (Fsp3) is 0.556. The topological polar surface area (TPSA) is 111 Å². The van der Waals surface area contributed by atoms with Crippen molar-refractivity contribution in [2.45, 2.75) is 24.6 Å². The Hall–Kier alpha value is -1.51. The summed E-state index contributed by atoms with van der Waals surface area (Å²) in [4.78, 5) is 14.3. The standard InChI is InChI=1S/C9H12FN3O4/c10-6-7(16)4(3-14)17-8(6)13-2-1-5(15)12-9(13)11/h1-2,4,6-8,14,16H,3H2,(H2,11,12,15)/t4-,6+,7+,8-/m1/s1. The van der Waals surface area contributed by atoms with E-state index < -0.39 is 36.8 Å². The van der Waals surface area contributed by atoms with Crippen LogP contribution >= 0.6 is 0 Å².